The lowest BCUT2D eigenvalue weighted by molar-refractivity contribution is -0.137. The molecule has 3 aromatic rings. The normalized spacial score (nSPS) is 14.7. The number of rotatable bonds is 4. The number of benzene rings is 1. The molecule has 3 heterocycles. The van der Waals surface area contributed by atoms with Crippen LogP contribution < -0.4 is 5.32 Å². The number of carbonyl (C=O) groups is 1. The number of fused-ring (bicyclic) bond motifs is 1. The lowest BCUT2D eigenvalue weighted by atomic mass is 10.1. The number of halogens is 3. The van der Waals surface area contributed by atoms with Gasteiger partial charge in [0.1, 0.15) is 6.26 Å². The molecule has 0 radical (unpaired) electrons. The lowest BCUT2D eigenvalue weighted by Gasteiger charge is -2.25. The first-order valence-corrected chi connectivity index (χ1v) is 9.41. The van der Waals surface area contributed by atoms with Gasteiger partial charge in [0.2, 0.25) is 0 Å². The van der Waals surface area contributed by atoms with E-state index in [2.05, 4.69) is 15.2 Å². The van der Waals surface area contributed by atoms with Crippen LogP contribution in [0.1, 0.15) is 32.1 Å². The van der Waals surface area contributed by atoms with E-state index in [-0.39, 0.29) is 5.91 Å². The molecule has 0 saturated heterocycles. The monoisotopic (exact) mass is 407 g/mol. The van der Waals surface area contributed by atoms with Gasteiger partial charge < -0.3 is 4.42 Å². The summed E-state index contributed by atoms with van der Waals surface area (Å²) >= 11 is 1.42. The summed E-state index contributed by atoms with van der Waals surface area (Å²) < 4.78 is 42.9. The number of anilines is 1. The second kappa shape index (κ2) is 7.40. The van der Waals surface area contributed by atoms with Crippen molar-refractivity contribution in [2.75, 3.05) is 11.9 Å². The first-order chi connectivity index (χ1) is 13.4. The number of hydrogen-bond donors (Lipinski definition) is 1. The predicted molar refractivity (Wildman–Crippen MR) is 98.0 cm³/mol. The van der Waals surface area contributed by atoms with Gasteiger partial charge in [0, 0.05) is 30.9 Å². The molecular weight excluding hydrogens is 391 g/mol. The van der Waals surface area contributed by atoms with Crippen molar-refractivity contribution in [1.29, 1.82) is 0 Å². The summed E-state index contributed by atoms with van der Waals surface area (Å²) in [5.41, 5.74) is 1.57. The Morgan fingerprint density at radius 3 is 2.71 bits per heavy atom. The third-order valence-corrected chi connectivity index (χ3v) is 5.50. The highest BCUT2D eigenvalue weighted by Gasteiger charge is 2.30. The molecule has 0 saturated carbocycles. The zero-order chi connectivity index (χ0) is 19.7. The largest absolute Gasteiger partial charge is 0.472 e. The predicted octanol–water partition coefficient (Wildman–Crippen LogP) is 4.57. The smallest absolute Gasteiger partial charge is 0.416 e. The molecule has 4 rings (SSSR count). The quantitative estimate of drug-likeness (QED) is 0.689. The van der Waals surface area contributed by atoms with Crippen LogP contribution in [0.25, 0.3) is 0 Å². The number of hydrogen-bond acceptors (Lipinski definition) is 5. The van der Waals surface area contributed by atoms with Crippen LogP contribution in [-0.4, -0.2) is 22.3 Å². The molecule has 0 aliphatic carbocycles. The maximum atomic E-state index is 12.7. The minimum Gasteiger partial charge on any atom is -0.472 e. The van der Waals surface area contributed by atoms with Crippen molar-refractivity contribution in [3.63, 3.8) is 0 Å². The number of furan rings is 1. The molecule has 0 unspecified atom stereocenters. The fraction of sp³-hybridized carbons (Fsp3) is 0.263. The standard InChI is InChI=1S/C19H16F3N3O2S/c20-19(21,22)14-3-1-12(2-4-14)9-25-7-5-15-16(10-25)28-18(23-15)24-17(26)13-6-8-27-11-13/h1-4,6,8,11H,5,7,9-10H2,(H,23,24,26). The average Bonchev–Trinajstić information content (AvgIpc) is 3.30. The summed E-state index contributed by atoms with van der Waals surface area (Å²) in [5, 5.41) is 3.30. The SMILES string of the molecule is O=C(Nc1nc2c(s1)CN(Cc1ccc(C(F)(F)F)cc1)CC2)c1ccoc1. The van der Waals surface area contributed by atoms with Gasteiger partial charge in [0.25, 0.3) is 5.91 Å². The van der Waals surface area contributed by atoms with E-state index >= 15 is 0 Å². The van der Waals surface area contributed by atoms with Gasteiger partial charge in [-0.2, -0.15) is 13.2 Å². The molecule has 146 valence electrons. The van der Waals surface area contributed by atoms with Gasteiger partial charge in [-0.05, 0) is 23.8 Å². The highest BCUT2D eigenvalue weighted by molar-refractivity contribution is 7.15. The number of nitrogens with one attached hydrogen (secondary N) is 1. The number of thiazole rings is 1. The summed E-state index contributed by atoms with van der Waals surface area (Å²) in [5.74, 6) is -0.276. The van der Waals surface area contributed by atoms with Gasteiger partial charge in [0.05, 0.1) is 23.1 Å². The molecule has 2 aromatic heterocycles. The molecule has 5 nitrogen and oxygen atoms in total. The van der Waals surface area contributed by atoms with Crippen LogP contribution in [0.15, 0.2) is 47.3 Å². The molecule has 0 atom stereocenters. The van der Waals surface area contributed by atoms with E-state index < -0.39 is 11.7 Å². The van der Waals surface area contributed by atoms with E-state index in [1.54, 1.807) is 6.07 Å². The Kier molecular flexibility index (Phi) is 4.94. The van der Waals surface area contributed by atoms with Gasteiger partial charge in [-0.1, -0.05) is 12.1 Å². The number of aromatic nitrogens is 1. The van der Waals surface area contributed by atoms with Crippen molar-refractivity contribution in [3.05, 3.63) is 70.1 Å². The van der Waals surface area contributed by atoms with Gasteiger partial charge >= 0.3 is 6.18 Å². The summed E-state index contributed by atoms with van der Waals surface area (Å²) in [4.78, 5) is 19.8. The number of nitrogens with zero attached hydrogens (tertiary/aromatic N) is 2. The molecule has 1 N–H and O–H groups in total. The van der Waals surface area contributed by atoms with Crippen molar-refractivity contribution in [2.45, 2.75) is 25.7 Å². The first-order valence-electron chi connectivity index (χ1n) is 8.59. The van der Waals surface area contributed by atoms with E-state index in [4.69, 9.17) is 4.42 Å². The van der Waals surface area contributed by atoms with Crippen molar-refractivity contribution in [2.24, 2.45) is 0 Å². The summed E-state index contributed by atoms with van der Waals surface area (Å²) in [6, 6.07) is 6.83. The Morgan fingerprint density at radius 2 is 2.04 bits per heavy atom. The fourth-order valence-corrected chi connectivity index (χ4v) is 4.10. The second-order valence-corrected chi connectivity index (χ2v) is 7.59. The van der Waals surface area contributed by atoms with Crippen LogP contribution in [-0.2, 0) is 25.7 Å². The van der Waals surface area contributed by atoms with Crippen molar-refractivity contribution < 1.29 is 22.4 Å². The van der Waals surface area contributed by atoms with Crippen molar-refractivity contribution >= 4 is 22.4 Å². The highest BCUT2D eigenvalue weighted by atomic mass is 32.1. The summed E-state index contributed by atoms with van der Waals surface area (Å²) in [6.45, 7) is 1.97. The number of alkyl halides is 3. The third kappa shape index (κ3) is 4.10. The molecule has 0 spiro atoms. The molecule has 1 aromatic carbocycles. The molecule has 0 fully saturated rings. The molecular formula is C19H16F3N3O2S. The van der Waals surface area contributed by atoms with E-state index in [0.717, 1.165) is 41.2 Å². The second-order valence-electron chi connectivity index (χ2n) is 6.51. The molecule has 9 heteroatoms. The fourth-order valence-electron chi connectivity index (χ4n) is 3.06. The zero-order valence-corrected chi connectivity index (χ0v) is 15.4. The topological polar surface area (TPSA) is 58.4 Å². The van der Waals surface area contributed by atoms with E-state index in [1.165, 1.54) is 36.0 Å². The number of carbonyl (C=O) groups excluding carboxylic acids is 1. The molecule has 1 aliphatic rings. The van der Waals surface area contributed by atoms with Gasteiger partial charge in [-0.15, -0.1) is 11.3 Å². The average molecular weight is 407 g/mol. The highest BCUT2D eigenvalue weighted by Crippen LogP contribution is 2.31. The first kappa shape index (κ1) is 18.7. The molecule has 1 amide bonds. The van der Waals surface area contributed by atoms with Crippen LogP contribution in [0.2, 0.25) is 0 Å². The summed E-state index contributed by atoms with van der Waals surface area (Å²) in [6.07, 6.45) is -0.790. The molecule has 0 bridgehead atoms. The van der Waals surface area contributed by atoms with Crippen LogP contribution >= 0.6 is 11.3 Å². The van der Waals surface area contributed by atoms with Crippen LogP contribution in [0.4, 0.5) is 18.3 Å². The Bertz CT molecular complexity index is 965. The maximum absolute atomic E-state index is 12.7. The van der Waals surface area contributed by atoms with Crippen LogP contribution in [0, 0.1) is 0 Å². The Hall–Kier alpha value is -2.65. The van der Waals surface area contributed by atoms with Crippen LogP contribution in [0.5, 0.6) is 0 Å². The summed E-state index contributed by atoms with van der Waals surface area (Å²) in [7, 11) is 0. The zero-order valence-electron chi connectivity index (χ0n) is 14.6. The minimum atomic E-state index is -4.32. The number of amides is 1. The minimum absolute atomic E-state index is 0.276. The van der Waals surface area contributed by atoms with E-state index in [9.17, 15) is 18.0 Å². The third-order valence-electron chi connectivity index (χ3n) is 4.50. The molecule has 1 aliphatic heterocycles. The van der Waals surface area contributed by atoms with Gasteiger partial charge in [-0.25, -0.2) is 4.98 Å². The van der Waals surface area contributed by atoms with Crippen molar-refractivity contribution in [1.82, 2.24) is 9.88 Å². The maximum Gasteiger partial charge on any atom is 0.416 e. The Labute approximate surface area is 162 Å². The van der Waals surface area contributed by atoms with E-state index in [0.29, 0.717) is 23.8 Å². The van der Waals surface area contributed by atoms with Crippen LogP contribution in [0.3, 0.4) is 0 Å². The Morgan fingerprint density at radius 1 is 1.25 bits per heavy atom. The molecule has 28 heavy (non-hydrogen) atoms. The Balaban J connectivity index is 1.39. The lowest BCUT2D eigenvalue weighted by Crippen LogP contribution is -2.29. The van der Waals surface area contributed by atoms with Crippen molar-refractivity contribution in [3.8, 4) is 0 Å². The van der Waals surface area contributed by atoms with Gasteiger partial charge in [-0.3, -0.25) is 15.0 Å². The van der Waals surface area contributed by atoms with Gasteiger partial charge in [0.15, 0.2) is 5.13 Å². The van der Waals surface area contributed by atoms with E-state index in [1.807, 2.05) is 0 Å².